The van der Waals surface area contributed by atoms with Crippen molar-refractivity contribution in [1.29, 1.82) is 0 Å². The van der Waals surface area contributed by atoms with Crippen molar-refractivity contribution in [3.05, 3.63) is 89.5 Å². The maximum atomic E-state index is 12.2. The van der Waals surface area contributed by atoms with Crippen LogP contribution in [0.2, 0.25) is 0 Å². The average Bonchev–Trinajstić information content (AvgIpc) is 3.92. The average molecular weight is 909 g/mol. The molecule has 5 aliphatic rings. The van der Waals surface area contributed by atoms with E-state index in [0.717, 1.165) is 48.2 Å². The number of anilines is 2. The van der Waals surface area contributed by atoms with E-state index in [1.165, 1.54) is 31.5 Å². The van der Waals surface area contributed by atoms with Gasteiger partial charge in [0, 0.05) is 25.2 Å². The molecule has 3 aliphatic heterocycles. The lowest BCUT2D eigenvalue weighted by molar-refractivity contribution is -0.145. The van der Waals surface area contributed by atoms with Crippen LogP contribution in [0, 0.1) is 6.92 Å². The Labute approximate surface area is 374 Å². The Bertz CT molecular complexity index is 2210. The molecule has 3 heterocycles. The zero-order chi connectivity index (χ0) is 46.3. The summed E-state index contributed by atoms with van der Waals surface area (Å²) in [6, 6.07) is 21.8. The Morgan fingerprint density at radius 3 is 1.58 bits per heavy atom. The molecule has 8 rings (SSSR count). The smallest absolute Gasteiger partial charge is 0.414 e. The van der Waals surface area contributed by atoms with Gasteiger partial charge in [0.15, 0.2) is 5.79 Å². The predicted octanol–water partition coefficient (Wildman–Crippen LogP) is 5.31. The van der Waals surface area contributed by atoms with E-state index < -0.39 is 34.2 Å². The molecule has 3 aromatic rings. The third-order valence-corrected chi connectivity index (χ3v) is 12.8. The highest BCUT2D eigenvalue weighted by Gasteiger charge is 2.45. The molecule has 3 aromatic carbocycles. The van der Waals surface area contributed by atoms with Crippen molar-refractivity contribution in [2.45, 2.75) is 132 Å². The third-order valence-electron chi connectivity index (χ3n) is 12.0. The van der Waals surface area contributed by atoms with E-state index in [-0.39, 0.29) is 53.1 Å². The van der Waals surface area contributed by atoms with Gasteiger partial charge in [0.2, 0.25) is 11.8 Å². The highest BCUT2D eigenvalue weighted by molar-refractivity contribution is 7.85. The van der Waals surface area contributed by atoms with Crippen LogP contribution < -0.4 is 20.4 Å². The van der Waals surface area contributed by atoms with E-state index in [9.17, 15) is 37.8 Å². The summed E-state index contributed by atoms with van der Waals surface area (Å²) in [5.74, 6) is -0.124. The Balaban J connectivity index is 0.000000174. The second kappa shape index (κ2) is 20.8. The number of rotatable bonds is 9. The van der Waals surface area contributed by atoms with Crippen LogP contribution in [0.15, 0.2) is 77.7 Å². The summed E-state index contributed by atoms with van der Waals surface area (Å²) >= 11 is 0. The van der Waals surface area contributed by atoms with Gasteiger partial charge in [0.1, 0.15) is 12.2 Å². The molecule has 0 aromatic heterocycles. The van der Waals surface area contributed by atoms with Gasteiger partial charge < -0.3 is 39.8 Å². The van der Waals surface area contributed by atoms with Crippen molar-refractivity contribution in [2.75, 3.05) is 36.0 Å². The molecule has 2 saturated carbocycles. The number of hydrogen-bond acceptors (Lipinski definition) is 12. The molecule has 4 amide bonds. The molecule has 8 atom stereocenters. The van der Waals surface area contributed by atoms with Gasteiger partial charge in [-0.2, -0.15) is 8.42 Å². The molecule has 2 aliphatic carbocycles. The molecule has 5 N–H and O–H groups in total. The standard InChI is InChI=1S/C21H28N2O5.C18H24N2O5.C7H8O3S/c1-13(24)22-11-17-12-23(20(25)26-17)16-7-4-14(5-8-16)15-6-9-18-19(10-15)28-21(2,3)27-18;1-11(21)19-9-15-10-20(18(24)25-15)14-5-2-12(3-6-14)13-4-7-16(22)17(23)8-13;1-6-2-4-7(5-3-6)11(8,9)10/h4-5,7-8,15,17-19H,6,9-12H2,1-3H3,(H,22,24);2-3,5-6,13,15-17,22-23H,4,7-10H2,1H3,(H,19,21);2-5H,1H3,(H,8,9,10)/t15?,17-,18?,19-;13?,15-,16+,17-;/m00./s1. The van der Waals surface area contributed by atoms with Gasteiger partial charge in [-0.05, 0) is 119 Å². The van der Waals surface area contributed by atoms with Crippen molar-refractivity contribution < 1.29 is 61.3 Å². The second-order valence-electron chi connectivity index (χ2n) is 17.4. The largest absolute Gasteiger partial charge is 0.442 e. The van der Waals surface area contributed by atoms with Gasteiger partial charge in [0.25, 0.3) is 10.1 Å². The number of carbonyl (C=O) groups excluding carboxylic acids is 4. The van der Waals surface area contributed by atoms with E-state index in [1.54, 1.807) is 21.9 Å². The number of benzene rings is 3. The normalized spacial score (nSPS) is 27.2. The first-order valence-electron chi connectivity index (χ1n) is 21.7. The van der Waals surface area contributed by atoms with Crippen molar-refractivity contribution in [3.63, 3.8) is 0 Å². The molecule has 348 valence electrons. The summed E-state index contributed by atoms with van der Waals surface area (Å²) in [6.07, 6.45) is 2.58. The number of aliphatic hydroxyl groups is 2. The molecule has 0 spiro atoms. The number of hydrogen-bond donors (Lipinski definition) is 5. The van der Waals surface area contributed by atoms with E-state index in [4.69, 9.17) is 23.5 Å². The number of nitrogens with one attached hydrogen (secondary N) is 2. The molecular weight excluding hydrogens is 849 g/mol. The molecular formula is C46H60N4O13S. The van der Waals surface area contributed by atoms with Crippen molar-refractivity contribution in [1.82, 2.24) is 10.6 Å². The molecule has 18 heteroatoms. The van der Waals surface area contributed by atoms with Gasteiger partial charge >= 0.3 is 12.2 Å². The number of carbonyl (C=O) groups is 4. The molecule has 17 nitrogen and oxygen atoms in total. The zero-order valence-corrected chi connectivity index (χ0v) is 37.7. The molecule has 3 saturated heterocycles. The summed E-state index contributed by atoms with van der Waals surface area (Å²) in [5, 5.41) is 24.8. The van der Waals surface area contributed by atoms with Gasteiger partial charge in [-0.15, -0.1) is 0 Å². The molecule has 3 unspecified atom stereocenters. The summed E-state index contributed by atoms with van der Waals surface area (Å²) in [7, 11) is -4.02. The highest BCUT2D eigenvalue weighted by atomic mass is 32.2. The Morgan fingerprint density at radius 2 is 1.12 bits per heavy atom. The lowest BCUT2D eigenvalue weighted by atomic mass is 9.81. The van der Waals surface area contributed by atoms with Crippen LogP contribution in [0.1, 0.15) is 94.7 Å². The number of amides is 4. The van der Waals surface area contributed by atoms with Crippen LogP contribution in [-0.4, -0.2) is 116 Å². The molecule has 0 bridgehead atoms. The maximum Gasteiger partial charge on any atom is 0.414 e. The first-order chi connectivity index (χ1) is 30.2. The Hall–Kier alpha value is -5.11. The van der Waals surface area contributed by atoms with Crippen LogP contribution >= 0.6 is 0 Å². The highest BCUT2D eigenvalue weighted by Crippen LogP contribution is 2.43. The van der Waals surface area contributed by atoms with Crippen molar-refractivity contribution >= 4 is 45.5 Å². The number of aryl methyl sites for hydroxylation is 1. The minimum Gasteiger partial charge on any atom is -0.442 e. The molecule has 5 fully saturated rings. The van der Waals surface area contributed by atoms with E-state index in [1.807, 2.05) is 57.2 Å². The minimum atomic E-state index is -4.02. The van der Waals surface area contributed by atoms with Crippen LogP contribution in [0.3, 0.4) is 0 Å². The van der Waals surface area contributed by atoms with Crippen LogP contribution in [0.5, 0.6) is 0 Å². The Morgan fingerprint density at radius 1 is 0.672 bits per heavy atom. The van der Waals surface area contributed by atoms with Crippen molar-refractivity contribution in [3.8, 4) is 0 Å². The van der Waals surface area contributed by atoms with Crippen LogP contribution in [-0.2, 0) is 38.7 Å². The fraction of sp³-hybridized carbons (Fsp3) is 0.522. The fourth-order valence-corrected chi connectivity index (χ4v) is 9.09. The number of cyclic esters (lactones) is 2. The summed E-state index contributed by atoms with van der Waals surface area (Å²) in [6.45, 7) is 10.1. The van der Waals surface area contributed by atoms with Gasteiger partial charge in [-0.25, -0.2) is 9.59 Å². The molecule has 64 heavy (non-hydrogen) atoms. The maximum absolute atomic E-state index is 12.2. The quantitative estimate of drug-likeness (QED) is 0.172. The summed E-state index contributed by atoms with van der Waals surface area (Å²) in [5.41, 5.74) is 4.87. The molecule has 0 radical (unpaired) electrons. The lowest BCUT2D eigenvalue weighted by Crippen LogP contribution is -2.33. The minimum absolute atomic E-state index is 0.0666. The number of ether oxygens (including phenoxy) is 4. The first kappa shape index (κ1) is 48.3. The van der Waals surface area contributed by atoms with Crippen LogP contribution in [0.25, 0.3) is 0 Å². The second-order valence-corrected chi connectivity index (χ2v) is 18.9. The van der Waals surface area contributed by atoms with Crippen molar-refractivity contribution in [2.24, 2.45) is 0 Å². The van der Waals surface area contributed by atoms with E-state index in [0.29, 0.717) is 44.9 Å². The fourth-order valence-electron chi connectivity index (χ4n) is 8.61. The first-order valence-corrected chi connectivity index (χ1v) is 23.1. The lowest BCUT2D eigenvalue weighted by Gasteiger charge is -2.30. The monoisotopic (exact) mass is 908 g/mol. The summed E-state index contributed by atoms with van der Waals surface area (Å²) in [4.78, 5) is 49.3. The van der Waals surface area contributed by atoms with Gasteiger partial charge in [0.05, 0.1) is 55.5 Å². The zero-order valence-electron chi connectivity index (χ0n) is 36.8. The SMILES string of the molecule is CC(=O)NC[C@H]1CN(c2ccc(C3CCC4OC(C)(C)O[C@H]4C3)cc2)C(=O)O1.CC(=O)NC[C@H]1CN(c2ccc(C3CC[C@@H](O)[C@@H](O)C3)cc2)C(=O)O1.Cc1ccc(S(=O)(=O)O)cc1. The van der Waals surface area contributed by atoms with Gasteiger partial charge in [-0.1, -0.05) is 42.0 Å². The van der Waals surface area contributed by atoms with E-state index >= 15 is 0 Å². The Kier molecular flexibility index (Phi) is 15.7. The number of fused-ring (bicyclic) bond motifs is 1. The summed E-state index contributed by atoms with van der Waals surface area (Å²) < 4.78 is 52.2. The number of nitrogens with zero attached hydrogens (tertiary/aromatic N) is 2. The van der Waals surface area contributed by atoms with Crippen LogP contribution in [0.4, 0.5) is 21.0 Å². The topological polar surface area (TPSA) is 231 Å². The van der Waals surface area contributed by atoms with E-state index in [2.05, 4.69) is 22.8 Å². The van der Waals surface area contributed by atoms with Gasteiger partial charge in [-0.3, -0.25) is 23.9 Å². The third kappa shape index (κ3) is 13.0. The predicted molar refractivity (Wildman–Crippen MR) is 235 cm³/mol. The number of aliphatic hydroxyl groups excluding tert-OH is 2.